The van der Waals surface area contributed by atoms with Gasteiger partial charge in [-0.05, 0) is 61.9 Å². The second-order valence-corrected chi connectivity index (χ2v) is 5.52. The Balaban J connectivity index is 2.61. The van der Waals surface area contributed by atoms with Crippen LogP contribution >= 0.6 is 11.6 Å². The fourth-order valence-corrected chi connectivity index (χ4v) is 3.36. The van der Waals surface area contributed by atoms with Gasteiger partial charge in [-0.1, -0.05) is 24.6 Å². The molecule has 1 fully saturated rings. The molecule has 1 aliphatic rings. The number of hydrogen-bond donors (Lipinski definition) is 1. The Hall–Kier alpha value is -1.04. The number of hydrogen-bond acceptors (Lipinski definition) is 2. The number of rotatable bonds is 2. The minimum absolute atomic E-state index is 0.116. The molecule has 0 unspecified atom stereocenters. The Bertz CT molecular complexity index is 482. The van der Waals surface area contributed by atoms with Crippen molar-refractivity contribution in [2.75, 3.05) is 13.1 Å². The van der Waals surface area contributed by atoms with Crippen molar-refractivity contribution >= 4 is 11.6 Å². The number of benzene rings is 1. The highest BCUT2D eigenvalue weighted by molar-refractivity contribution is 6.31. The summed E-state index contributed by atoms with van der Waals surface area (Å²) in [5.74, 6) is 0. The summed E-state index contributed by atoms with van der Waals surface area (Å²) in [6, 6.07) is 6.19. The van der Waals surface area contributed by atoms with Crippen molar-refractivity contribution in [3.05, 3.63) is 33.8 Å². The van der Waals surface area contributed by atoms with Gasteiger partial charge in [-0.3, -0.25) is 0 Å². The van der Waals surface area contributed by atoms with Crippen molar-refractivity contribution < 1.29 is 0 Å². The minimum atomic E-state index is 0.116. The van der Waals surface area contributed by atoms with E-state index in [1.807, 2.05) is 12.1 Å². The summed E-state index contributed by atoms with van der Waals surface area (Å²) < 4.78 is 0. The van der Waals surface area contributed by atoms with E-state index in [-0.39, 0.29) is 5.41 Å². The molecule has 1 aliphatic heterocycles. The van der Waals surface area contributed by atoms with Gasteiger partial charge < -0.3 is 5.32 Å². The number of aryl methyl sites for hydroxylation is 1. The summed E-state index contributed by atoms with van der Waals surface area (Å²) in [6.45, 7) is 6.34. The molecule has 1 heterocycles. The molecule has 2 rings (SSSR count). The first kappa shape index (κ1) is 13.4. The van der Waals surface area contributed by atoms with Crippen LogP contribution in [-0.4, -0.2) is 13.1 Å². The molecule has 0 aromatic heterocycles. The molecule has 1 saturated heterocycles. The number of nitrogens with zero attached hydrogens (tertiary/aromatic N) is 1. The average Bonchev–Trinajstić information content (AvgIpc) is 2.41. The standard InChI is InChI=1S/C15H19ClN2/c1-3-15(6-8-18-9-7-15)14-11(2)4-5-13(16)12(14)10-17/h4-5,18H,3,6-9H2,1-2H3. The highest BCUT2D eigenvalue weighted by atomic mass is 35.5. The second kappa shape index (κ2) is 5.30. The summed E-state index contributed by atoms with van der Waals surface area (Å²) >= 11 is 6.20. The normalized spacial score (nSPS) is 18.3. The first-order valence-corrected chi connectivity index (χ1v) is 6.93. The van der Waals surface area contributed by atoms with Gasteiger partial charge in [0.1, 0.15) is 6.07 Å². The van der Waals surface area contributed by atoms with E-state index in [2.05, 4.69) is 25.2 Å². The molecule has 0 bridgehead atoms. The Labute approximate surface area is 114 Å². The lowest BCUT2D eigenvalue weighted by Crippen LogP contribution is -2.40. The molecule has 0 spiro atoms. The number of piperidine rings is 1. The van der Waals surface area contributed by atoms with Crippen molar-refractivity contribution in [2.24, 2.45) is 0 Å². The molecule has 96 valence electrons. The van der Waals surface area contributed by atoms with Crippen LogP contribution < -0.4 is 5.32 Å². The zero-order valence-electron chi connectivity index (χ0n) is 11.0. The molecule has 0 saturated carbocycles. The number of halogens is 1. The zero-order chi connectivity index (χ0) is 13.2. The van der Waals surface area contributed by atoms with Crippen molar-refractivity contribution in [1.29, 1.82) is 5.26 Å². The molecule has 2 nitrogen and oxygen atoms in total. The largest absolute Gasteiger partial charge is 0.317 e. The van der Waals surface area contributed by atoms with Crippen molar-refractivity contribution in [3.8, 4) is 6.07 Å². The van der Waals surface area contributed by atoms with Crippen molar-refractivity contribution in [3.63, 3.8) is 0 Å². The highest BCUT2D eigenvalue weighted by Crippen LogP contribution is 2.41. The Kier molecular flexibility index (Phi) is 3.94. The van der Waals surface area contributed by atoms with Crippen LogP contribution in [-0.2, 0) is 5.41 Å². The number of nitrogens with one attached hydrogen (secondary N) is 1. The SMILES string of the molecule is CCC1(c2c(C)ccc(Cl)c2C#N)CCNCC1. The Morgan fingerprint density at radius 1 is 1.39 bits per heavy atom. The van der Waals surface area contributed by atoms with Crippen LogP contribution in [0.2, 0.25) is 5.02 Å². The maximum atomic E-state index is 9.41. The maximum absolute atomic E-state index is 9.41. The quantitative estimate of drug-likeness (QED) is 0.885. The minimum Gasteiger partial charge on any atom is -0.317 e. The van der Waals surface area contributed by atoms with Gasteiger partial charge in [0.2, 0.25) is 0 Å². The molecule has 0 amide bonds. The zero-order valence-corrected chi connectivity index (χ0v) is 11.8. The summed E-state index contributed by atoms with van der Waals surface area (Å²) in [5, 5.41) is 13.4. The maximum Gasteiger partial charge on any atom is 0.101 e. The number of nitriles is 1. The third-order valence-corrected chi connectivity index (χ3v) is 4.56. The van der Waals surface area contributed by atoms with Crippen LogP contribution in [0.15, 0.2) is 12.1 Å². The first-order chi connectivity index (χ1) is 8.64. The third kappa shape index (κ3) is 2.13. The summed E-state index contributed by atoms with van der Waals surface area (Å²) in [7, 11) is 0. The van der Waals surface area contributed by atoms with Crippen LogP contribution in [0.1, 0.15) is 42.9 Å². The molecule has 1 aromatic rings. The lowest BCUT2D eigenvalue weighted by atomic mass is 9.68. The van der Waals surface area contributed by atoms with Crippen LogP contribution in [0.25, 0.3) is 0 Å². The lowest BCUT2D eigenvalue weighted by Gasteiger charge is -2.39. The van der Waals surface area contributed by atoms with Crippen LogP contribution in [0.4, 0.5) is 0 Å². The van der Waals surface area contributed by atoms with Crippen LogP contribution in [0, 0.1) is 18.3 Å². The van der Waals surface area contributed by atoms with Crippen LogP contribution in [0.3, 0.4) is 0 Å². The summed E-state index contributed by atoms with van der Waals surface area (Å²) in [6.07, 6.45) is 3.23. The molecule has 1 aromatic carbocycles. The predicted molar refractivity (Wildman–Crippen MR) is 75.0 cm³/mol. The van der Waals surface area contributed by atoms with Gasteiger partial charge in [0.15, 0.2) is 0 Å². The fourth-order valence-electron chi connectivity index (χ4n) is 3.16. The van der Waals surface area contributed by atoms with Gasteiger partial charge >= 0.3 is 0 Å². The van der Waals surface area contributed by atoms with E-state index in [0.29, 0.717) is 10.6 Å². The molecule has 0 radical (unpaired) electrons. The third-order valence-electron chi connectivity index (χ3n) is 4.24. The van der Waals surface area contributed by atoms with Crippen molar-refractivity contribution in [2.45, 2.75) is 38.5 Å². The summed E-state index contributed by atoms with van der Waals surface area (Å²) in [5.41, 5.74) is 3.17. The predicted octanol–water partition coefficient (Wildman–Crippen LogP) is 3.55. The molecular weight excluding hydrogens is 244 g/mol. The molecule has 3 heteroatoms. The Morgan fingerprint density at radius 3 is 2.61 bits per heavy atom. The average molecular weight is 263 g/mol. The highest BCUT2D eigenvalue weighted by Gasteiger charge is 2.35. The van der Waals surface area contributed by atoms with Gasteiger partial charge in [0, 0.05) is 0 Å². The summed E-state index contributed by atoms with van der Waals surface area (Å²) in [4.78, 5) is 0. The Morgan fingerprint density at radius 2 is 2.06 bits per heavy atom. The van der Waals surface area contributed by atoms with Crippen molar-refractivity contribution in [1.82, 2.24) is 5.32 Å². The van der Waals surface area contributed by atoms with E-state index in [4.69, 9.17) is 11.6 Å². The van der Waals surface area contributed by atoms with Gasteiger partial charge in [-0.15, -0.1) is 0 Å². The molecule has 1 N–H and O–H groups in total. The van der Waals surface area contributed by atoms with E-state index in [1.54, 1.807) is 0 Å². The van der Waals surface area contributed by atoms with E-state index in [9.17, 15) is 5.26 Å². The van der Waals surface area contributed by atoms with E-state index in [1.165, 1.54) is 11.1 Å². The molecular formula is C15H19ClN2. The molecule has 0 aliphatic carbocycles. The lowest BCUT2D eigenvalue weighted by molar-refractivity contribution is 0.296. The van der Waals surface area contributed by atoms with E-state index < -0.39 is 0 Å². The fraction of sp³-hybridized carbons (Fsp3) is 0.533. The van der Waals surface area contributed by atoms with E-state index in [0.717, 1.165) is 32.4 Å². The van der Waals surface area contributed by atoms with Gasteiger partial charge in [0.05, 0.1) is 10.6 Å². The second-order valence-electron chi connectivity index (χ2n) is 5.11. The van der Waals surface area contributed by atoms with E-state index >= 15 is 0 Å². The topological polar surface area (TPSA) is 35.8 Å². The van der Waals surface area contributed by atoms with Gasteiger partial charge in [-0.25, -0.2) is 0 Å². The first-order valence-electron chi connectivity index (χ1n) is 6.55. The molecule has 0 atom stereocenters. The monoisotopic (exact) mass is 262 g/mol. The van der Waals surface area contributed by atoms with Crippen LogP contribution in [0.5, 0.6) is 0 Å². The van der Waals surface area contributed by atoms with Gasteiger partial charge in [0.25, 0.3) is 0 Å². The smallest absolute Gasteiger partial charge is 0.101 e. The molecule has 18 heavy (non-hydrogen) atoms. The van der Waals surface area contributed by atoms with Gasteiger partial charge in [-0.2, -0.15) is 5.26 Å².